The molecule has 60 heavy (non-hydrogen) atoms. The predicted molar refractivity (Wildman–Crippen MR) is 236 cm³/mol. The Bertz CT molecular complexity index is 3220. The molecule has 1 radical (unpaired) electrons. The number of alkyl halides is 3. The van der Waals surface area contributed by atoms with Crippen LogP contribution in [0.3, 0.4) is 0 Å². The average Bonchev–Trinajstić information content (AvgIpc) is 3.68. The Morgan fingerprint density at radius 1 is 0.667 bits per heavy atom. The molecule has 0 amide bonds. The first kappa shape index (κ1) is 33.8. The Morgan fingerprint density at radius 3 is 2.12 bits per heavy atom. The van der Waals surface area contributed by atoms with Gasteiger partial charge in [0, 0.05) is 58.6 Å². The number of furan rings is 1. The molecule has 0 saturated heterocycles. The molecule has 0 N–H and O–H groups in total. The predicted octanol–water partition coefficient (Wildman–Crippen LogP) is 14.9. The third-order valence-electron chi connectivity index (χ3n) is 9.73. The maximum absolute atomic E-state index is 12.9. The molecular weight excluding hydrogens is 930 g/mol. The molecule has 0 bridgehead atoms. The summed E-state index contributed by atoms with van der Waals surface area (Å²) in [5, 5.41) is 4.37. The van der Waals surface area contributed by atoms with E-state index in [1.807, 2.05) is 81.4 Å². The number of nitrogens with zero attached hydrogens (tertiary/aromatic N) is 2. The summed E-state index contributed by atoms with van der Waals surface area (Å²) in [6.45, 7) is 7.25. The van der Waals surface area contributed by atoms with E-state index in [0.29, 0.717) is 27.8 Å². The molecule has 0 aliphatic heterocycles. The SMILES string of the molecule is [2H]C([2H])([2H])c1cc([CH2-])c(-c2ccc(C([2H])([2H])C(F)(F)F)cn2)cc1-c1ccccc1.[2H]C([2H])(c1ccc(-c2ccnc(-c3[c-]ccc4c3oc3c5ccccc5ccc43)c2)cc1)C(C)(C)C.[Ir]. The molecule has 0 aliphatic carbocycles. The van der Waals surface area contributed by atoms with Gasteiger partial charge in [0.25, 0.3) is 0 Å². The van der Waals surface area contributed by atoms with E-state index in [-0.39, 0.29) is 31.4 Å². The van der Waals surface area contributed by atoms with Gasteiger partial charge in [-0.1, -0.05) is 147 Å². The van der Waals surface area contributed by atoms with E-state index in [0.717, 1.165) is 67.4 Å². The Balaban J connectivity index is 0.000000200. The number of fused-ring (bicyclic) bond motifs is 5. The van der Waals surface area contributed by atoms with Crippen LogP contribution in [0.15, 0.2) is 156 Å². The second-order valence-electron chi connectivity index (χ2n) is 15.2. The Hall–Kier alpha value is -6.01. The van der Waals surface area contributed by atoms with E-state index in [1.54, 1.807) is 42.6 Å². The van der Waals surface area contributed by atoms with Crippen LogP contribution in [0.5, 0.6) is 0 Å². The summed E-state index contributed by atoms with van der Waals surface area (Å²) in [6, 6.07) is 45.8. The number of halogens is 3. The van der Waals surface area contributed by atoms with E-state index in [9.17, 15) is 13.2 Å². The quantitative estimate of drug-likeness (QED) is 0.156. The van der Waals surface area contributed by atoms with Crippen molar-refractivity contribution in [2.75, 3.05) is 0 Å². The maximum atomic E-state index is 12.9. The molecule has 0 spiro atoms. The zero-order valence-corrected chi connectivity index (χ0v) is 35.3. The van der Waals surface area contributed by atoms with Gasteiger partial charge in [-0.25, -0.2) is 0 Å². The van der Waals surface area contributed by atoms with Crippen molar-refractivity contribution in [1.82, 2.24) is 9.97 Å². The molecular formula is C53H43F3IrN2O-2. The molecule has 6 aromatic carbocycles. The Kier molecular flexibility index (Phi) is 9.74. The van der Waals surface area contributed by atoms with E-state index >= 15 is 0 Å². The van der Waals surface area contributed by atoms with Gasteiger partial charge in [-0.05, 0) is 68.4 Å². The second kappa shape index (κ2) is 17.3. The minimum Gasteiger partial charge on any atom is -0.500 e. The fraction of sp³-hybridized carbons (Fsp3) is 0.151. The van der Waals surface area contributed by atoms with Crippen LogP contribution in [0.1, 0.15) is 52.6 Å². The molecule has 3 aromatic heterocycles. The summed E-state index contributed by atoms with van der Waals surface area (Å²) >= 11 is 0. The van der Waals surface area contributed by atoms with Crippen LogP contribution < -0.4 is 0 Å². The van der Waals surface area contributed by atoms with Gasteiger partial charge in [0.2, 0.25) is 0 Å². The molecule has 9 aromatic rings. The number of hydrogen-bond acceptors (Lipinski definition) is 3. The summed E-state index contributed by atoms with van der Waals surface area (Å²) < 4.78 is 100. The van der Waals surface area contributed by atoms with Crippen LogP contribution in [0.4, 0.5) is 13.2 Å². The Morgan fingerprint density at radius 2 is 1.40 bits per heavy atom. The second-order valence-corrected chi connectivity index (χ2v) is 15.2. The molecule has 9 rings (SSSR count). The summed E-state index contributed by atoms with van der Waals surface area (Å²) in [7, 11) is 0. The molecule has 0 fully saturated rings. The van der Waals surface area contributed by atoms with Crippen molar-refractivity contribution in [2.24, 2.45) is 5.41 Å². The maximum Gasteiger partial charge on any atom is 0.393 e. The smallest absolute Gasteiger partial charge is 0.393 e. The molecule has 7 heteroatoms. The van der Waals surface area contributed by atoms with Crippen LogP contribution in [0.25, 0.3) is 77.5 Å². The van der Waals surface area contributed by atoms with Gasteiger partial charge in [-0.3, -0.25) is 4.98 Å². The number of hydrogen-bond donors (Lipinski definition) is 0. The van der Waals surface area contributed by atoms with Gasteiger partial charge >= 0.3 is 6.18 Å². The van der Waals surface area contributed by atoms with Crippen molar-refractivity contribution in [3.05, 3.63) is 187 Å². The average molecular weight is 980 g/mol. The van der Waals surface area contributed by atoms with E-state index in [2.05, 4.69) is 47.2 Å². The fourth-order valence-corrected chi connectivity index (χ4v) is 7.12. The summed E-state index contributed by atoms with van der Waals surface area (Å²) in [6.07, 6.45) is -7.40. The van der Waals surface area contributed by atoms with Crippen LogP contribution >= 0.6 is 0 Å². The van der Waals surface area contributed by atoms with Crippen LogP contribution in [-0.2, 0) is 32.9 Å². The minimum atomic E-state index is -5.07. The van der Waals surface area contributed by atoms with Crippen molar-refractivity contribution in [1.29, 1.82) is 0 Å². The first-order valence-corrected chi connectivity index (χ1v) is 19.0. The third-order valence-corrected chi connectivity index (χ3v) is 9.73. The van der Waals surface area contributed by atoms with Gasteiger partial charge in [0.05, 0.1) is 12.0 Å². The summed E-state index contributed by atoms with van der Waals surface area (Å²) in [4.78, 5) is 8.65. The van der Waals surface area contributed by atoms with E-state index < -0.39 is 36.8 Å². The van der Waals surface area contributed by atoms with Crippen molar-refractivity contribution in [2.45, 2.75) is 46.5 Å². The molecule has 0 unspecified atom stereocenters. The van der Waals surface area contributed by atoms with Gasteiger partial charge in [0.15, 0.2) is 0 Å². The fourth-order valence-electron chi connectivity index (χ4n) is 7.12. The number of benzene rings is 6. The number of aryl methyl sites for hydroxylation is 1. The van der Waals surface area contributed by atoms with Crippen molar-refractivity contribution in [3.8, 4) is 44.8 Å². The number of rotatable bonds is 6. The van der Waals surface area contributed by atoms with Gasteiger partial charge in [0.1, 0.15) is 5.58 Å². The number of aromatic nitrogens is 2. The summed E-state index contributed by atoms with van der Waals surface area (Å²) in [5.41, 5.74) is 7.12. The van der Waals surface area contributed by atoms with Gasteiger partial charge in [-0.15, -0.1) is 29.8 Å². The van der Waals surface area contributed by atoms with Gasteiger partial charge < -0.3 is 9.40 Å². The molecule has 0 saturated carbocycles. The number of pyridine rings is 2. The first-order chi connectivity index (χ1) is 31.1. The monoisotopic (exact) mass is 980 g/mol. The first-order valence-electron chi connectivity index (χ1n) is 22.5. The molecule has 0 aliphatic rings. The Labute approximate surface area is 372 Å². The van der Waals surface area contributed by atoms with Crippen LogP contribution in [-0.4, -0.2) is 16.1 Å². The van der Waals surface area contributed by atoms with E-state index in [4.69, 9.17) is 14.0 Å². The molecule has 3 heterocycles. The van der Waals surface area contributed by atoms with Crippen LogP contribution in [0.2, 0.25) is 0 Å². The van der Waals surface area contributed by atoms with Crippen molar-refractivity contribution < 1.29 is 47.3 Å². The zero-order chi connectivity index (χ0) is 47.4. The molecule has 3 nitrogen and oxygen atoms in total. The summed E-state index contributed by atoms with van der Waals surface area (Å²) in [5.74, 6) is 0. The zero-order valence-electron chi connectivity index (χ0n) is 39.9. The van der Waals surface area contributed by atoms with Crippen molar-refractivity contribution >= 4 is 32.7 Å². The van der Waals surface area contributed by atoms with Gasteiger partial charge in [-0.2, -0.15) is 31.7 Å². The molecule has 0 atom stereocenters. The third kappa shape index (κ3) is 9.39. The topological polar surface area (TPSA) is 38.9 Å². The molecule has 303 valence electrons. The van der Waals surface area contributed by atoms with Crippen molar-refractivity contribution in [3.63, 3.8) is 0 Å². The minimum absolute atomic E-state index is 0. The van der Waals surface area contributed by atoms with E-state index in [1.165, 1.54) is 12.1 Å². The van der Waals surface area contributed by atoms with Crippen LogP contribution in [0, 0.1) is 25.3 Å². The normalized spacial score (nSPS) is 14.1. The largest absolute Gasteiger partial charge is 0.500 e. The standard InChI is InChI=1S/C32H26NO.C21H17F3N.Ir/c1-32(2,3)20-21-11-13-22(14-12-21)24-17-18-33-29(19-24)28-10-6-9-26-27-16-15-23-7-4-5-8-25(23)30(27)34-31(26)28;1-14-10-15(2)19(11-18(14)17-6-4-3-5-7-17)20-9-8-16(13-25-20)12-21(22,23)24;/h4-9,11-19H,20H2,1-3H3;3-11,13H,2,12H2,1H3;/q2*-1;/i20D2;1D3,12D2;.